The second kappa shape index (κ2) is 4.69. The lowest BCUT2D eigenvalue weighted by Crippen LogP contribution is -2.38. The van der Waals surface area contributed by atoms with Crippen LogP contribution in [-0.4, -0.2) is 33.9 Å². The molecular weight excluding hydrogens is 218 g/mol. The van der Waals surface area contributed by atoms with Gasteiger partial charge in [-0.15, -0.1) is 0 Å². The summed E-state index contributed by atoms with van der Waals surface area (Å²) < 4.78 is 0. The molecule has 1 aliphatic rings. The van der Waals surface area contributed by atoms with E-state index in [-0.39, 0.29) is 17.4 Å². The van der Waals surface area contributed by atoms with Crippen LogP contribution in [0.3, 0.4) is 0 Å². The molecule has 17 heavy (non-hydrogen) atoms. The first-order valence-corrected chi connectivity index (χ1v) is 5.89. The van der Waals surface area contributed by atoms with Gasteiger partial charge in [0.1, 0.15) is 5.82 Å². The summed E-state index contributed by atoms with van der Waals surface area (Å²) in [6, 6.07) is 1.54. The van der Waals surface area contributed by atoms with Crippen LogP contribution in [0.2, 0.25) is 0 Å². The molecule has 2 heterocycles. The van der Waals surface area contributed by atoms with Gasteiger partial charge in [0.05, 0.1) is 5.69 Å². The van der Waals surface area contributed by atoms with Crippen LogP contribution in [-0.2, 0) is 4.79 Å². The molecule has 0 spiro atoms. The first-order chi connectivity index (χ1) is 8.06. The maximum Gasteiger partial charge on any atom is 0.251 e. The van der Waals surface area contributed by atoms with Crippen LogP contribution in [0.1, 0.15) is 37.2 Å². The Labute approximate surface area is 99.9 Å². The molecule has 1 fully saturated rings. The summed E-state index contributed by atoms with van der Waals surface area (Å²) in [5, 5.41) is 0. The normalized spacial score (nSPS) is 20.4. The maximum atomic E-state index is 11.4. The van der Waals surface area contributed by atoms with E-state index in [9.17, 15) is 9.59 Å². The minimum atomic E-state index is -0.118. The van der Waals surface area contributed by atoms with E-state index in [1.807, 2.05) is 4.90 Å². The van der Waals surface area contributed by atoms with Crippen LogP contribution in [0.15, 0.2) is 10.9 Å². The molecule has 1 aromatic rings. The molecule has 1 unspecified atom stereocenters. The monoisotopic (exact) mass is 235 g/mol. The number of H-pyrrole nitrogens is 1. The quantitative estimate of drug-likeness (QED) is 0.783. The summed E-state index contributed by atoms with van der Waals surface area (Å²) in [6.45, 7) is 4.84. The van der Waals surface area contributed by atoms with Gasteiger partial charge in [0.15, 0.2) is 0 Å². The lowest BCUT2D eigenvalue weighted by atomic mass is 9.94. The van der Waals surface area contributed by atoms with Crippen molar-refractivity contribution in [3.63, 3.8) is 0 Å². The van der Waals surface area contributed by atoms with Gasteiger partial charge in [0.2, 0.25) is 5.91 Å². The molecule has 5 nitrogen and oxygen atoms in total. The van der Waals surface area contributed by atoms with Crippen LogP contribution in [0, 0.1) is 6.92 Å². The highest BCUT2D eigenvalue weighted by molar-refractivity contribution is 5.73. The maximum absolute atomic E-state index is 11.4. The number of aryl methyl sites for hydroxylation is 1. The zero-order valence-corrected chi connectivity index (χ0v) is 10.2. The van der Waals surface area contributed by atoms with Gasteiger partial charge in [-0.2, -0.15) is 0 Å². The Morgan fingerprint density at radius 1 is 1.59 bits per heavy atom. The lowest BCUT2D eigenvalue weighted by molar-refractivity contribution is -0.130. The third kappa shape index (κ3) is 2.72. The fourth-order valence-corrected chi connectivity index (χ4v) is 2.32. The first kappa shape index (κ1) is 11.8. The van der Waals surface area contributed by atoms with Crippen molar-refractivity contribution in [1.29, 1.82) is 0 Å². The van der Waals surface area contributed by atoms with Crippen LogP contribution < -0.4 is 5.56 Å². The molecule has 0 bridgehead atoms. The molecule has 1 aliphatic heterocycles. The number of likely N-dealkylation sites (tertiary alicyclic amines) is 1. The Kier molecular flexibility index (Phi) is 3.26. The van der Waals surface area contributed by atoms with E-state index >= 15 is 0 Å². The van der Waals surface area contributed by atoms with E-state index in [4.69, 9.17) is 0 Å². The molecule has 0 aromatic carbocycles. The number of aromatic nitrogens is 2. The average molecular weight is 235 g/mol. The first-order valence-electron chi connectivity index (χ1n) is 5.89. The smallest absolute Gasteiger partial charge is 0.251 e. The number of hydrogen-bond acceptors (Lipinski definition) is 3. The predicted octanol–water partition coefficient (Wildman–Crippen LogP) is 0.804. The van der Waals surface area contributed by atoms with Gasteiger partial charge in [0, 0.05) is 32.0 Å². The Balaban J connectivity index is 2.21. The van der Waals surface area contributed by atoms with E-state index in [1.165, 1.54) is 0 Å². The fraction of sp³-hybridized carbons (Fsp3) is 0.583. The van der Waals surface area contributed by atoms with Crippen molar-refractivity contribution in [2.24, 2.45) is 0 Å². The highest BCUT2D eigenvalue weighted by Gasteiger charge is 2.24. The van der Waals surface area contributed by atoms with Gasteiger partial charge in [-0.25, -0.2) is 4.98 Å². The molecule has 5 heteroatoms. The third-order valence-corrected chi connectivity index (χ3v) is 3.16. The largest absolute Gasteiger partial charge is 0.342 e. The number of nitrogens with one attached hydrogen (secondary N) is 1. The van der Waals surface area contributed by atoms with Crippen LogP contribution in [0.25, 0.3) is 0 Å². The van der Waals surface area contributed by atoms with Crippen molar-refractivity contribution >= 4 is 5.91 Å². The Hall–Kier alpha value is -1.65. The lowest BCUT2D eigenvalue weighted by Gasteiger charge is -2.31. The molecule has 1 saturated heterocycles. The van der Waals surface area contributed by atoms with Crippen molar-refractivity contribution in [2.45, 2.75) is 32.6 Å². The Morgan fingerprint density at radius 2 is 2.35 bits per heavy atom. The van der Waals surface area contributed by atoms with E-state index in [1.54, 1.807) is 19.9 Å². The van der Waals surface area contributed by atoms with Gasteiger partial charge in [0.25, 0.3) is 5.56 Å². The molecule has 1 aromatic heterocycles. The van der Waals surface area contributed by atoms with Crippen LogP contribution >= 0.6 is 0 Å². The van der Waals surface area contributed by atoms with E-state index in [2.05, 4.69) is 9.97 Å². The third-order valence-electron chi connectivity index (χ3n) is 3.16. The fourth-order valence-electron chi connectivity index (χ4n) is 2.32. The summed E-state index contributed by atoms with van der Waals surface area (Å²) in [7, 11) is 0. The number of nitrogens with zero attached hydrogens (tertiary/aromatic N) is 2. The zero-order chi connectivity index (χ0) is 12.4. The Morgan fingerprint density at radius 3 is 3.00 bits per heavy atom. The number of piperidine rings is 1. The molecule has 92 valence electrons. The van der Waals surface area contributed by atoms with E-state index in [0.717, 1.165) is 25.1 Å². The van der Waals surface area contributed by atoms with Gasteiger partial charge >= 0.3 is 0 Å². The van der Waals surface area contributed by atoms with Gasteiger partial charge in [-0.05, 0) is 19.8 Å². The second-order valence-corrected chi connectivity index (χ2v) is 4.56. The topological polar surface area (TPSA) is 66.1 Å². The highest BCUT2D eigenvalue weighted by Crippen LogP contribution is 2.24. The van der Waals surface area contributed by atoms with E-state index < -0.39 is 0 Å². The van der Waals surface area contributed by atoms with Crippen molar-refractivity contribution < 1.29 is 4.79 Å². The SMILES string of the molecule is CC(=O)N1CCCC(c2cc(=O)[nH]c(C)n2)C1. The molecule has 0 aliphatic carbocycles. The minimum Gasteiger partial charge on any atom is -0.342 e. The number of hydrogen-bond donors (Lipinski definition) is 1. The Bertz CT molecular complexity index is 481. The molecule has 1 amide bonds. The predicted molar refractivity (Wildman–Crippen MR) is 63.8 cm³/mol. The van der Waals surface area contributed by atoms with E-state index in [0.29, 0.717) is 12.4 Å². The van der Waals surface area contributed by atoms with Crippen molar-refractivity contribution in [3.8, 4) is 0 Å². The zero-order valence-electron chi connectivity index (χ0n) is 10.2. The van der Waals surface area contributed by atoms with Crippen molar-refractivity contribution in [1.82, 2.24) is 14.9 Å². The number of amides is 1. The molecule has 2 rings (SSSR count). The van der Waals surface area contributed by atoms with Crippen LogP contribution in [0.5, 0.6) is 0 Å². The van der Waals surface area contributed by atoms with Crippen molar-refractivity contribution in [3.05, 3.63) is 27.9 Å². The second-order valence-electron chi connectivity index (χ2n) is 4.56. The summed E-state index contributed by atoms with van der Waals surface area (Å²) in [6.07, 6.45) is 1.96. The van der Waals surface area contributed by atoms with Gasteiger partial charge in [-0.1, -0.05) is 0 Å². The molecule has 1 N–H and O–H groups in total. The number of rotatable bonds is 1. The summed E-state index contributed by atoms with van der Waals surface area (Å²) in [5.74, 6) is 0.914. The molecule has 1 atom stereocenters. The van der Waals surface area contributed by atoms with Crippen molar-refractivity contribution in [2.75, 3.05) is 13.1 Å². The number of carbonyl (C=O) groups excluding carboxylic acids is 1. The molecule has 0 saturated carbocycles. The molecular formula is C12H17N3O2. The summed E-state index contributed by atoms with van der Waals surface area (Å²) in [5.41, 5.74) is 0.685. The van der Waals surface area contributed by atoms with Gasteiger partial charge < -0.3 is 9.88 Å². The van der Waals surface area contributed by atoms with Gasteiger partial charge in [-0.3, -0.25) is 9.59 Å². The minimum absolute atomic E-state index is 0.0938. The highest BCUT2D eigenvalue weighted by atomic mass is 16.2. The van der Waals surface area contributed by atoms with Crippen LogP contribution in [0.4, 0.5) is 0 Å². The average Bonchev–Trinajstić information content (AvgIpc) is 2.28. The standard InChI is InChI=1S/C12H17N3O2/c1-8-13-11(6-12(17)14-8)10-4-3-5-15(7-10)9(2)16/h6,10H,3-5,7H2,1-2H3,(H,13,14,17). The summed E-state index contributed by atoms with van der Waals surface area (Å²) in [4.78, 5) is 31.6. The molecule has 0 radical (unpaired) electrons. The number of aromatic amines is 1. The summed E-state index contributed by atoms with van der Waals surface area (Å²) >= 11 is 0. The number of carbonyl (C=O) groups is 1.